The molecule has 2 aromatic carbocycles. The van der Waals surface area contributed by atoms with Crippen molar-refractivity contribution in [1.29, 1.82) is 0 Å². The number of aliphatic hydroxyl groups is 1. The quantitative estimate of drug-likeness (QED) is 0.795. The molecule has 3 heterocycles. The minimum Gasteiger partial charge on any atom is -0.497 e. The molecule has 2 aromatic rings. The van der Waals surface area contributed by atoms with Crippen molar-refractivity contribution in [3.05, 3.63) is 48.0 Å². The Morgan fingerprint density at radius 3 is 2.50 bits per heavy atom. The Morgan fingerprint density at radius 2 is 1.81 bits per heavy atom. The molecule has 3 aliphatic heterocycles. The first-order valence-electron chi connectivity index (χ1n) is 11.6. The molecule has 170 valence electrons. The van der Waals surface area contributed by atoms with E-state index in [4.69, 9.17) is 9.47 Å². The third kappa shape index (κ3) is 3.55. The van der Waals surface area contributed by atoms with Crippen LogP contribution in [0.5, 0.6) is 5.75 Å². The molecule has 3 atom stereocenters. The predicted octanol–water partition coefficient (Wildman–Crippen LogP) is 3.49. The first kappa shape index (κ1) is 21.3. The van der Waals surface area contributed by atoms with Crippen molar-refractivity contribution in [2.45, 2.75) is 31.3 Å². The second-order valence-electron chi connectivity index (χ2n) is 9.18. The smallest absolute Gasteiger partial charge is 0.226 e. The van der Waals surface area contributed by atoms with E-state index in [9.17, 15) is 9.90 Å². The summed E-state index contributed by atoms with van der Waals surface area (Å²) in [5, 5.41) is 10.2. The zero-order chi connectivity index (χ0) is 22.2. The van der Waals surface area contributed by atoms with Crippen LogP contribution in [-0.4, -0.2) is 62.5 Å². The lowest BCUT2D eigenvalue weighted by atomic mass is 9.80. The van der Waals surface area contributed by atoms with Crippen molar-refractivity contribution in [3.63, 3.8) is 0 Å². The van der Waals surface area contributed by atoms with E-state index in [1.807, 2.05) is 12.1 Å². The van der Waals surface area contributed by atoms with Crippen LogP contribution < -0.4 is 9.64 Å². The summed E-state index contributed by atoms with van der Waals surface area (Å²) in [4.78, 5) is 17.9. The van der Waals surface area contributed by atoms with Crippen LogP contribution in [0.25, 0.3) is 11.1 Å². The highest BCUT2D eigenvalue weighted by atomic mass is 16.5. The van der Waals surface area contributed by atoms with Gasteiger partial charge in [-0.25, -0.2) is 0 Å². The van der Waals surface area contributed by atoms with E-state index in [-0.39, 0.29) is 36.4 Å². The Morgan fingerprint density at radius 1 is 1.09 bits per heavy atom. The van der Waals surface area contributed by atoms with Gasteiger partial charge in [0.1, 0.15) is 5.75 Å². The highest BCUT2D eigenvalue weighted by molar-refractivity contribution is 5.81. The first-order chi connectivity index (χ1) is 15.6. The van der Waals surface area contributed by atoms with Gasteiger partial charge in [0.05, 0.1) is 25.8 Å². The van der Waals surface area contributed by atoms with Gasteiger partial charge in [-0.3, -0.25) is 4.79 Å². The van der Waals surface area contributed by atoms with Crippen molar-refractivity contribution in [2.24, 2.45) is 11.8 Å². The molecule has 1 amide bonds. The normalized spacial score (nSPS) is 25.4. The van der Waals surface area contributed by atoms with Gasteiger partial charge in [0.25, 0.3) is 0 Å². The number of anilines is 1. The lowest BCUT2D eigenvalue weighted by Crippen LogP contribution is -2.49. The second-order valence-corrected chi connectivity index (χ2v) is 9.18. The van der Waals surface area contributed by atoms with Crippen molar-refractivity contribution < 1.29 is 19.4 Å². The Bertz CT molecular complexity index is 970. The summed E-state index contributed by atoms with van der Waals surface area (Å²) in [5.41, 5.74) is 4.55. The largest absolute Gasteiger partial charge is 0.497 e. The van der Waals surface area contributed by atoms with Crippen LogP contribution in [0.2, 0.25) is 0 Å². The molecule has 2 saturated heterocycles. The minimum atomic E-state index is 0.00638. The number of hydrogen-bond acceptors (Lipinski definition) is 5. The maximum absolute atomic E-state index is 13.5. The molecular weight excluding hydrogens is 404 g/mol. The number of hydrogen-bond donors (Lipinski definition) is 1. The molecule has 0 unspecified atom stereocenters. The van der Waals surface area contributed by atoms with E-state index in [0.717, 1.165) is 48.4 Å². The molecule has 0 bridgehead atoms. The number of benzene rings is 2. The van der Waals surface area contributed by atoms with Crippen LogP contribution in [0.1, 0.15) is 30.9 Å². The number of amides is 1. The van der Waals surface area contributed by atoms with Crippen LogP contribution >= 0.6 is 0 Å². The standard InChI is InChI=1S/C26H32N2O4/c1-27-23-8-5-19(17-3-6-20(31-2)7-4-17)15-22(23)25-21(24(27)16-29)9-12-28(25)26(30)18-10-13-32-14-11-18/h3-8,15,18,21,24-25,29H,9-14,16H2,1-2H3/t21-,24+,25-/m0/s1. The van der Waals surface area contributed by atoms with Gasteiger partial charge in [-0.1, -0.05) is 18.2 Å². The summed E-state index contributed by atoms with van der Waals surface area (Å²) in [6.07, 6.45) is 2.52. The Kier molecular flexibility index (Phi) is 5.82. The van der Waals surface area contributed by atoms with Crippen molar-refractivity contribution in [1.82, 2.24) is 4.90 Å². The van der Waals surface area contributed by atoms with Crippen LogP contribution in [0, 0.1) is 11.8 Å². The SMILES string of the molecule is COc1ccc(-c2ccc3c(c2)[C@@H]2[C@@H](CCN2C(=O)C2CCOCC2)[C@@H](CO)N3C)cc1. The molecule has 6 nitrogen and oxygen atoms in total. The number of ether oxygens (including phenoxy) is 2. The fourth-order valence-corrected chi connectivity index (χ4v) is 5.84. The van der Waals surface area contributed by atoms with Gasteiger partial charge in [0.15, 0.2) is 0 Å². The number of methoxy groups -OCH3 is 1. The maximum atomic E-state index is 13.5. The zero-order valence-electron chi connectivity index (χ0n) is 18.9. The number of fused-ring (bicyclic) bond motifs is 3. The number of carbonyl (C=O) groups excluding carboxylic acids is 1. The van der Waals surface area contributed by atoms with E-state index in [0.29, 0.717) is 13.2 Å². The van der Waals surface area contributed by atoms with Crippen LogP contribution in [-0.2, 0) is 9.53 Å². The second kappa shape index (κ2) is 8.75. The summed E-state index contributed by atoms with van der Waals surface area (Å²) in [5.74, 6) is 1.36. The Labute approximate surface area is 189 Å². The maximum Gasteiger partial charge on any atom is 0.226 e. The van der Waals surface area contributed by atoms with Crippen LogP contribution in [0.3, 0.4) is 0 Å². The molecule has 32 heavy (non-hydrogen) atoms. The molecule has 0 radical (unpaired) electrons. The molecule has 0 aromatic heterocycles. The summed E-state index contributed by atoms with van der Waals surface area (Å²) in [7, 11) is 3.73. The van der Waals surface area contributed by atoms with E-state index >= 15 is 0 Å². The van der Waals surface area contributed by atoms with Gasteiger partial charge in [0.2, 0.25) is 5.91 Å². The predicted molar refractivity (Wildman–Crippen MR) is 124 cm³/mol. The van der Waals surface area contributed by atoms with Gasteiger partial charge in [-0.05, 0) is 60.2 Å². The highest BCUT2D eigenvalue weighted by Gasteiger charge is 2.48. The Hall–Kier alpha value is -2.57. The third-order valence-corrected chi connectivity index (χ3v) is 7.63. The van der Waals surface area contributed by atoms with E-state index in [1.165, 1.54) is 5.56 Å². The number of aliphatic hydroxyl groups excluding tert-OH is 1. The van der Waals surface area contributed by atoms with E-state index in [2.05, 4.69) is 47.2 Å². The highest BCUT2D eigenvalue weighted by Crippen LogP contribution is 2.50. The summed E-state index contributed by atoms with van der Waals surface area (Å²) in [6, 6.07) is 14.6. The molecule has 5 rings (SSSR count). The van der Waals surface area contributed by atoms with Gasteiger partial charge >= 0.3 is 0 Å². The van der Waals surface area contributed by atoms with Crippen molar-refractivity contribution in [3.8, 4) is 16.9 Å². The molecule has 1 N–H and O–H groups in total. The average Bonchev–Trinajstić information content (AvgIpc) is 3.29. The summed E-state index contributed by atoms with van der Waals surface area (Å²) >= 11 is 0. The van der Waals surface area contributed by atoms with Gasteiger partial charge in [-0.15, -0.1) is 0 Å². The number of rotatable bonds is 4. The summed E-state index contributed by atoms with van der Waals surface area (Å²) in [6.45, 7) is 2.18. The molecule has 0 saturated carbocycles. The molecule has 0 aliphatic carbocycles. The molecule has 6 heteroatoms. The zero-order valence-corrected chi connectivity index (χ0v) is 18.9. The third-order valence-electron chi connectivity index (χ3n) is 7.63. The van der Waals surface area contributed by atoms with Crippen molar-refractivity contribution >= 4 is 11.6 Å². The molecule has 3 aliphatic rings. The van der Waals surface area contributed by atoms with Gasteiger partial charge < -0.3 is 24.4 Å². The molecular formula is C26H32N2O4. The number of likely N-dealkylation sites (tertiary alicyclic amines) is 1. The van der Waals surface area contributed by atoms with Gasteiger partial charge in [0, 0.05) is 44.3 Å². The number of nitrogens with zero attached hydrogens (tertiary/aromatic N) is 2. The monoisotopic (exact) mass is 436 g/mol. The number of carbonyl (C=O) groups is 1. The molecule has 2 fully saturated rings. The summed E-state index contributed by atoms with van der Waals surface area (Å²) < 4.78 is 10.8. The van der Waals surface area contributed by atoms with E-state index in [1.54, 1.807) is 7.11 Å². The molecule has 0 spiro atoms. The fourth-order valence-electron chi connectivity index (χ4n) is 5.84. The van der Waals surface area contributed by atoms with Gasteiger partial charge in [-0.2, -0.15) is 0 Å². The van der Waals surface area contributed by atoms with Crippen LogP contribution in [0.15, 0.2) is 42.5 Å². The lowest BCUT2D eigenvalue weighted by molar-refractivity contribution is -0.140. The lowest BCUT2D eigenvalue weighted by Gasteiger charge is -2.45. The fraction of sp³-hybridized carbons (Fsp3) is 0.500. The van der Waals surface area contributed by atoms with Crippen LogP contribution in [0.4, 0.5) is 5.69 Å². The number of likely N-dealkylation sites (N-methyl/N-ethyl adjacent to an activating group) is 1. The minimum absolute atomic E-state index is 0.00638. The average molecular weight is 437 g/mol. The Balaban J connectivity index is 1.54. The topological polar surface area (TPSA) is 62.2 Å². The van der Waals surface area contributed by atoms with E-state index < -0.39 is 0 Å². The van der Waals surface area contributed by atoms with Crippen molar-refractivity contribution in [2.75, 3.05) is 45.4 Å². The first-order valence-corrected chi connectivity index (χ1v) is 11.6.